The first-order chi connectivity index (χ1) is 12.6. The second kappa shape index (κ2) is 6.53. The highest BCUT2D eigenvalue weighted by Crippen LogP contribution is 2.30. The topological polar surface area (TPSA) is 88.3 Å². The Hall–Kier alpha value is -2.74. The number of hydrogen-bond acceptors (Lipinski definition) is 5. The highest BCUT2D eigenvalue weighted by Gasteiger charge is 2.34. The summed E-state index contributed by atoms with van der Waals surface area (Å²) in [7, 11) is 0. The zero-order chi connectivity index (χ0) is 18.3. The van der Waals surface area contributed by atoms with Gasteiger partial charge >= 0.3 is 5.97 Å². The fourth-order valence-electron chi connectivity index (χ4n) is 3.47. The molecule has 0 saturated carbocycles. The van der Waals surface area contributed by atoms with Gasteiger partial charge in [0.1, 0.15) is 12.6 Å². The SMILES string of the molecule is Cc1ncsc1-c1nc2ccccc2n1CC(=O)N1CCC[C@@H]1C(=O)O. The second-order valence-corrected chi connectivity index (χ2v) is 7.22. The molecular formula is C18H18N4O3S. The van der Waals surface area contributed by atoms with Gasteiger partial charge in [-0.15, -0.1) is 11.3 Å². The molecule has 1 aromatic carbocycles. The number of rotatable bonds is 4. The van der Waals surface area contributed by atoms with Crippen molar-refractivity contribution in [2.45, 2.75) is 32.4 Å². The Bertz CT molecular complexity index is 993. The van der Waals surface area contributed by atoms with Gasteiger partial charge in [-0.25, -0.2) is 14.8 Å². The molecule has 3 heterocycles. The van der Waals surface area contributed by atoms with E-state index in [1.54, 1.807) is 5.51 Å². The zero-order valence-electron chi connectivity index (χ0n) is 14.3. The molecule has 0 radical (unpaired) electrons. The minimum atomic E-state index is -0.940. The molecule has 0 bridgehead atoms. The molecule has 1 fully saturated rings. The molecule has 2 aromatic heterocycles. The van der Waals surface area contributed by atoms with Gasteiger partial charge in [-0.3, -0.25) is 4.79 Å². The molecule has 1 atom stereocenters. The number of para-hydroxylation sites is 2. The number of carbonyl (C=O) groups is 2. The second-order valence-electron chi connectivity index (χ2n) is 6.36. The summed E-state index contributed by atoms with van der Waals surface area (Å²) in [4.78, 5) is 35.7. The number of thiazole rings is 1. The number of carbonyl (C=O) groups excluding carboxylic acids is 1. The normalized spacial score (nSPS) is 17.1. The van der Waals surface area contributed by atoms with E-state index in [1.165, 1.54) is 16.2 Å². The Labute approximate surface area is 153 Å². The van der Waals surface area contributed by atoms with Gasteiger partial charge in [0, 0.05) is 6.54 Å². The number of fused-ring (bicyclic) bond motifs is 1. The van der Waals surface area contributed by atoms with Crippen molar-refractivity contribution in [2.75, 3.05) is 6.54 Å². The summed E-state index contributed by atoms with van der Waals surface area (Å²) in [5.41, 5.74) is 4.29. The van der Waals surface area contributed by atoms with Crippen molar-refractivity contribution in [3.63, 3.8) is 0 Å². The number of aliphatic carboxylic acids is 1. The number of nitrogens with zero attached hydrogens (tertiary/aromatic N) is 4. The third-order valence-electron chi connectivity index (χ3n) is 4.75. The number of likely N-dealkylation sites (tertiary alicyclic amines) is 1. The van der Waals surface area contributed by atoms with E-state index >= 15 is 0 Å². The van der Waals surface area contributed by atoms with Crippen LogP contribution in [-0.2, 0) is 16.1 Å². The van der Waals surface area contributed by atoms with Crippen molar-refractivity contribution in [1.29, 1.82) is 0 Å². The Morgan fingerprint density at radius 3 is 2.88 bits per heavy atom. The molecule has 0 aliphatic carbocycles. The molecule has 3 aromatic rings. The van der Waals surface area contributed by atoms with Crippen LogP contribution in [0.2, 0.25) is 0 Å². The molecule has 1 amide bonds. The minimum absolute atomic E-state index is 0.0664. The number of carboxylic acid groups (broad SMARTS) is 1. The Balaban J connectivity index is 1.75. The van der Waals surface area contributed by atoms with Gasteiger partial charge in [-0.05, 0) is 31.9 Å². The Morgan fingerprint density at radius 2 is 2.15 bits per heavy atom. The lowest BCUT2D eigenvalue weighted by Crippen LogP contribution is -2.42. The number of benzene rings is 1. The number of hydrogen-bond donors (Lipinski definition) is 1. The standard InChI is InChI=1S/C18H18N4O3S/c1-11-16(26-10-19-11)17-20-12-5-2-3-6-13(12)22(17)9-15(23)21-8-4-7-14(21)18(24)25/h2-3,5-6,10,14H,4,7-9H2,1H3,(H,24,25)/t14-/m1/s1. The van der Waals surface area contributed by atoms with E-state index in [1.807, 2.05) is 35.8 Å². The lowest BCUT2D eigenvalue weighted by Gasteiger charge is -2.22. The number of aromatic nitrogens is 3. The maximum atomic E-state index is 12.9. The molecular weight excluding hydrogens is 352 g/mol. The third kappa shape index (κ3) is 2.76. The number of imidazole rings is 1. The van der Waals surface area contributed by atoms with Crippen molar-refractivity contribution in [1.82, 2.24) is 19.4 Å². The molecule has 134 valence electrons. The Kier molecular flexibility index (Phi) is 4.20. The van der Waals surface area contributed by atoms with Crippen LogP contribution < -0.4 is 0 Å². The van der Waals surface area contributed by atoms with E-state index in [9.17, 15) is 14.7 Å². The first kappa shape index (κ1) is 16.7. The maximum Gasteiger partial charge on any atom is 0.326 e. The molecule has 8 heteroatoms. The van der Waals surface area contributed by atoms with Gasteiger partial charge < -0.3 is 14.6 Å². The summed E-state index contributed by atoms with van der Waals surface area (Å²) < 4.78 is 1.87. The minimum Gasteiger partial charge on any atom is -0.480 e. The molecule has 1 aliphatic heterocycles. The van der Waals surface area contributed by atoms with E-state index in [0.29, 0.717) is 25.2 Å². The largest absolute Gasteiger partial charge is 0.480 e. The summed E-state index contributed by atoms with van der Waals surface area (Å²) in [5, 5.41) is 9.35. The molecule has 1 saturated heterocycles. The van der Waals surface area contributed by atoms with Gasteiger partial charge in [-0.1, -0.05) is 12.1 Å². The molecule has 26 heavy (non-hydrogen) atoms. The van der Waals surface area contributed by atoms with Crippen LogP contribution in [0.5, 0.6) is 0 Å². The summed E-state index contributed by atoms with van der Waals surface area (Å²) in [5.74, 6) is -0.433. The van der Waals surface area contributed by atoms with Gasteiger partial charge in [0.15, 0.2) is 5.82 Å². The van der Waals surface area contributed by atoms with Gasteiger partial charge in [0.05, 0.1) is 27.1 Å². The van der Waals surface area contributed by atoms with Crippen molar-refractivity contribution >= 4 is 34.2 Å². The van der Waals surface area contributed by atoms with Crippen LogP contribution in [0.4, 0.5) is 0 Å². The van der Waals surface area contributed by atoms with E-state index in [4.69, 9.17) is 4.98 Å². The van der Waals surface area contributed by atoms with Crippen molar-refractivity contribution < 1.29 is 14.7 Å². The smallest absolute Gasteiger partial charge is 0.326 e. The highest BCUT2D eigenvalue weighted by molar-refractivity contribution is 7.13. The van der Waals surface area contributed by atoms with E-state index < -0.39 is 12.0 Å². The molecule has 1 aliphatic rings. The third-order valence-corrected chi connectivity index (χ3v) is 5.68. The number of aryl methyl sites for hydroxylation is 1. The molecule has 0 unspecified atom stereocenters. The fourth-order valence-corrected chi connectivity index (χ4v) is 4.27. The monoisotopic (exact) mass is 370 g/mol. The average molecular weight is 370 g/mol. The fraction of sp³-hybridized carbons (Fsp3) is 0.333. The van der Waals surface area contributed by atoms with E-state index in [0.717, 1.165) is 21.6 Å². The predicted octanol–water partition coefficient (Wildman–Crippen LogP) is 2.54. The van der Waals surface area contributed by atoms with Crippen LogP contribution in [0, 0.1) is 6.92 Å². The molecule has 0 spiro atoms. The van der Waals surface area contributed by atoms with Crippen molar-refractivity contribution in [3.05, 3.63) is 35.5 Å². The molecule has 7 nitrogen and oxygen atoms in total. The lowest BCUT2D eigenvalue weighted by molar-refractivity contribution is -0.148. The van der Waals surface area contributed by atoms with Gasteiger partial charge in [0.2, 0.25) is 5.91 Å². The molecule has 1 N–H and O–H groups in total. The summed E-state index contributed by atoms with van der Waals surface area (Å²) in [6.07, 6.45) is 1.22. The van der Waals surface area contributed by atoms with Crippen LogP contribution in [-0.4, -0.2) is 49.0 Å². The first-order valence-corrected chi connectivity index (χ1v) is 9.32. The van der Waals surface area contributed by atoms with Crippen molar-refractivity contribution in [3.8, 4) is 10.7 Å². The van der Waals surface area contributed by atoms with Crippen LogP contribution in [0.25, 0.3) is 21.7 Å². The number of amides is 1. The summed E-state index contributed by atoms with van der Waals surface area (Å²) in [6, 6.07) is 6.92. The first-order valence-electron chi connectivity index (χ1n) is 8.44. The predicted molar refractivity (Wildman–Crippen MR) is 97.9 cm³/mol. The zero-order valence-corrected chi connectivity index (χ0v) is 15.1. The maximum absolute atomic E-state index is 12.9. The molecule has 4 rings (SSSR count). The van der Waals surface area contributed by atoms with Crippen LogP contribution in [0.15, 0.2) is 29.8 Å². The average Bonchev–Trinajstić information content (AvgIpc) is 3.33. The highest BCUT2D eigenvalue weighted by atomic mass is 32.1. The number of carboxylic acids is 1. The van der Waals surface area contributed by atoms with Gasteiger partial charge in [-0.2, -0.15) is 0 Å². The van der Waals surface area contributed by atoms with E-state index in [-0.39, 0.29) is 12.5 Å². The van der Waals surface area contributed by atoms with Crippen molar-refractivity contribution in [2.24, 2.45) is 0 Å². The lowest BCUT2D eigenvalue weighted by atomic mass is 10.2. The van der Waals surface area contributed by atoms with Crippen LogP contribution >= 0.6 is 11.3 Å². The van der Waals surface area contributed by atoms with Gasteiger partial charge in [0.25, 0.3) is 0 Å². The summed E-state index contributed by atoms with van der Waals surface area (Å²) >= 11 is 1.48. The Morgan fingerprint density at radius 1 is 1.35 bits per heavy atom. The van der Waals surface area contributed by atoms with Crippen LogP contribution in [0.1, 0.15) is 18.5 Å². The quantitative estimate of drug-likeness (QED) is 0.762. The van der Waals surface area contributed by atoms with Crippen LogP contribution in [0.3, 0.4) is 0 Å². The van der Waals surface area contributed by atoms with E-state index in [2.05, 4.69) is 4.98 Å². The summed E-state index contributed by atoms with van der Waals surface area (Å²) in [6.45, 7) is 2.46.